The van der Waals surface area contributed by atoms with E-state index in [0.717, 1.165) is 111 Å². The van der Waals surface area contributed by atoms with Gasteiger partial charge in [-0.3, -0.25) is 10.3 Å². The van der Waals surface area contributed by atoms with Crippen LogP contribution in [0.25, 0.3) is 31.8 Å². The predicted molar refractivity (Wildman–Crippen MR) is 193 cm³/mol. The number of aromatic nitrogens is 3. The molecule has 3 aromatic heterocycles. The van der Waals surface area contributed by atoms with Gasteiger partial charge in [0.05, 0.1) is 44.3 Å². The number of fused-ring (bicyclic) bond motifs is 1. The Labute approximate surface area is 284 Å². The monoisotopic (exact) mass is 670 g/mol. The van der Waals surface area contributed by atoms with E-state index < -0.39 is 6.09 Å². The first-order valence-electron chi connectivity index (χ1n) is 16.4. The Morgan fingerprint density at radius 1 is 0.957 bits per heavy atom. The molecule has 4 N–H and O–H groups in total. The molecule has 0 saturated heterocycles. The number of carbonyl (C=O) groups is 1. The summed E-state index contributed by atoms with van der Waals surface area (Å²) in [5, 5.41) is 7.31. The summed E-state index contributed by atoms with van der Waals surface area (Å²) in [5.41, 5.74) is 15.3. The van der Waals surface area contributed by atoms with E-state index in [0.29, 0.717) is 18.8 Å². The lowest BCUT2D eigenvalue weighted by molar-refractivity contribution is 0.0865. The van der Waals surface area contributed by atoms with Crippen molar-refractivity contribution in [3.8, 4) is 27.3 Å². The number of hydrogen-bond acceptors (Lipinski definition) is 10. The molecule has 11 heteroatoms. The van der Waals surface area contributed by atoms with E-state index in [1.165, 1.54) is 6.42 Å². The summed E-state index contributed by atoms with van der Waals surface area (Å²) in [5.74, 6) is 0.857. The summed E-state index contributed by atoms with van der Waals surface area (Å²) in [7, 11) is 0. The number of pyridine rings is 1. The van der Waals surface area contributed by atoms with Crippen LogP contribution >= 0.6 is 22.7 Å². The highest BCUT2D eigenvalue weighted by Gasteiger charge is 2.19. The van der Waals surface area contributed by atoms with Crippen molar-refractivity contribution >= 4 is 49.8 Å². The van der Waals surface area contributed by atoms with Crippen molar-refractivity contribution in [2.75, 3.05) is 23.8 Å². The van der Waals surface area contributed by atoms with Gasteiger partial charge in [-0.25, -0.2) is 14.8 Å². The summed E-state index contributed by atoms with van der Waals surface area (Å²) in [6.45, 7) is 5.85. The summed E-state index contributed by atoms with van der Waals surface area (Å²) < 4.78 is 12.9. The molecule has 246 valence electrons. The maximum Gasteiger partial charge on any atom is 0.411 e. The maximum atomic E-state index is 12.6. The van der Waals surface area contributed by atoms with Gasteiger partial charge in [-0.15, -0.1) is 11.3 Å². The number of nitrogens with two attached hydrogens (primary N) is 1. The minimum absolute atomic E-state index is 0.00344. The van der Waals surface area contributed by atoms with Crippen molar-refractivity contribution < 1.29 is 14.3 Å². The number of carbonyl (C=O) groups excluding carboxylic acids is 1. The van der Waals surface area contributed by atoms with Crippen molar-refractivity contribution in [3.63, 3.8) is 0 Å². The van der Waals surface area contributed by atoms with E-state index in [1.54, 1.807) is 22.7 Å². The van der Waals surface area contributed by atoms with Gasteiger partial charge in [0.1, 0.15) is 11.9 Å². The van der Waals surface area contributed by atoms with E-state index in [4.69, 9.17) is 20.2 Å². The number of amides is 1. The fourth-order valence-electron chi connectivity index (χ4n) is 5.83. The molecule has 0 unspecified atom stereocenters. The Morgan fingerprint density at radius 2 is 1.81 bits per heavy atom. The van der Waals surface area contributed by atoms with Crippen LogP contribution in [0.2, 0.25) is 0 Å². The number of benzene rings is 2. The Bertz CT molecular complexity index is 1810. The zero-order valence-electron chi connectivity index (χ0n) is 27.0. The topological polar surface area (TPSA) is 124 Å². The van der Waals surface area contributed by atoms with Crippen LogP contribution in [0, 0.1) is 13.8 Å². The molecule has 0 atom stereocenters. The molecular formula is C36H42N6O3S2. The highest BCUT2D eigenvalue weighted by Crippen LogP contribution is 2.33. The first-order valence-corrected chi connectivity index (χ1v) is 18.1. The average molecular weight is 671 g/mol. The van der Waals surface area contributed by atoms with Crippen molar-refractivity contribution in [1.82, 2.24) is 15.0 Å². The van der Waals surface area contributed by atoms with Crippen molar-refractivity contribution in [3.05, 3.63) is 71.1 Å². The number of unbranched alkanes of at least 4 members (excludes halogenated alkanes) is 2. The number of hydrogen-bond donors (Lipinski definition) is 3. The third-order valence-corrected chi connectivity index (χ3v) is 10.5. The minimum atomic E-state index is -0.409. The van der Waals surface area contributed by atoms with Gasteiger partial charge in [0.25, 0.3) is 0 Å². The Kier molecular flexibility index (Phi) is 11.0. The standard InChI is InChI=1S/C36H42N6O3S2/c1-23-31(42-36(43)45-29-9-5-3-6-10-29)17-28(21-39-23)25-13-14-30-33(19-25)47-35(41-30)38-15-7-4-8-16-44-32-18-26(11-12-27(32)20-37)34-24(2)40-22-46-34/h11-14,17-19,21-22,29H,3-10,15-16,20,37H2,1-2H3,(H,38,41)(H,42,43). The number of ether oxygens (including phenoxy) is 2. The zero-order valence-corrected chi connectivity index (χ0v) is 28.6. The van der Waals surface area contributed by atoms with Gasteiger partial charge >= 0.3 is 6.09 Å². The molecule has 2 aromatic carbocycles. The quantitative estimate of drug-likeness (QED) is 0.106. The smallest absolute Gasteiger partial charge is 0.411 e. The second-order valence-electron chi connectivity index (χ2n) is 12.0. The number of anilines is 2. The van der Waals surface area contributed by atoms with Gasteiger partial charge < -0.3 is 20.5 Å². The highest BCUT2D eigenvalue weighted by molar-refractivity contribution is 7.22. The molecule has 6 rings (SSSR count). The Balaban J connectivity index is 0.979. The van der Waals surface area contributed by atoms with Gasteiger partial charge in [-0.1, -0.05) is 36.0 Å². The predicted octanol–water partition coefficient (Wildman–Crippen LogP) is 9.10. The van der Waals surface area contributed by atoms with Crippen molar-refractivity contribution in [2.45, 2.75) is 77.9 Å². The van der Waals surface area contributed by atoms with E-state index in [9.17, 15) is 4.79 Å². The van der Waals surface area contributed by atoms with E-state index in [-0.39, 0.29) is 6.10 Å². The molecule has 9 nitrogen and oxygen atoms in total. The Hall–Kier alpha value is -4.06. The van der Waals surface area contributed by atoms with Gasteiger partial charge in [-0.2, -0.15) is 0 Å². The van der Waals surface area contributed by atoms with Gasteiger partial charge in [0.2, 0.25) is 0 Å². The van der Waals surface area contributed by atoms with Gasteiger partial charge in [-0.05, 0) is 94.2 Å². The van der Waals surface area contributed by atoms with Crippen LogP contribution in [-0.4, -0.2) is 40.3 Å². The molecule has 1 aliphatic rings. The third-order valence-electron chi connectivity index (χ3n) is 8.52. The average Bonchev–Trinajstić information content (AvgIpc) is 3.70. The molecule has 1 amide bonds. The molecule has 1 aliphatic carbocycles. The molecule has 0 bridgehead atoms. The van der Waals surface area contributed by atoms with Gasteiger partial charge in [0.15, 0.2) is 5.13 Å². The molecule has 5 aromatic rings. The normalized spacial score (nSPS) is 13.5. The van der Waals surface area contributed by atoms with Crippen molar-refractivity contribution in [2.24, 2.45) is 5.73 Å². The number of nitrogens with zero attached hydrogens (tertiary/aromatic N) is 3. The first-order chi connectivity index (χ1) is 23.0. The molecular weight excluding hydrogens is 629 g/mol. The molecule has 1 saturated carbocycles. The highest BCUT2D eigenvalue weighted by atomic mass is 32.1. The zero-order chi connectivity index (χ0) is 32.6. The second kappa shape index (κ2) is 15.7. The lowest BCUT2D eigenvalue weighted by atomic mass is 9.98. The molecule has 1 fully saturated rings. The number of aryl methyl sites for hydroxylation is 2. The summed E-state index contributed by atoms with van der Waals surface area (Å²) >= 11 is 3.28. The summed E-state index contributed by atoms with van der Waals surface area (Å²) in [6, 6.07) is 14.4. The van der Waals surface area contributed by atoms with Crippen LogP contribution in [-0.2, 0) is 11.3 Å². The number of thiazole rings is 2. The maximum absolute atomic E-state index is 12.6. The molecule has 3 heterocycles. The largest absolute Gasteiger partial charge is 0.493 e. The fraction of sp³-hybridized carbons (Fsp3) is 0.389. The first kappa shape index (κ1) is 32.9. The van der Waals surface area contributed by atoms with Crippen LogP contribution in [0.1, 0.15) is 68.3 Å². The lowest BCUT2D eigenvalue weighted by Gasteiger charge is -2.22. The van der Waals surface area contributed by atoms with Crippen LogP contribution in [0.5, 0.6) is 5.75 Å². The van der Waals surface area contributed by atoms with Crippen molar-refractivity contribution in [1.29, 1.82) is 0 Å². The lowest BCUT2D eigenvalue weighted by Crippen LogP contribution is -2.24. The fourth-order valence-corrected chi connectivity index (χ4v) is 7.56. The van der Waals surface area contributed by atoms with Crippen LogP contribution < -0.4 is 21.1 Å². The Morgan fingerprint density at radius 3 is 2.62 bits per heavy atom. The molecule has 0 spiro atoms. The minimum Gasteiger partial charge on any atom is -0.493 e. The van der Waals surface area contributed by atoms with E-state index in [2.05, 4.69) is 44.9 Å². The summed E-state index contributed by atoms with van der Waals surface area (Å²) in [4.78, 5) is 27.4. The second-order valence-corrected chi connectivity index (χ2v) is 13.9. The number of nitrogens with one attached hydrogen (secondary N) is 2. The number of rotatable bonds is 13. The third kappa shape index (κ3) is 8.46. The van der Waals surface area contributed by atoms with E-state index in [1.807, 2.05) is 43.8 Å². The SMILES string of the molecule is Cc1ncc(-c2ccc3nc(NCCCCCOc4cc(-c5scnc5C)ccc4CN)sc3c2)cc1NC(=O)OC1CCCCC1. The van der Waals surface area contributed by atoms with E-state index >= 15 is 0 Å². The van der Waals surface area contributed by atoms with Gasteiger partial charge in [0, 0.05) is 30.4 Å². The van der Waals surface area contributed by atoms with Crippen LogP contribution in [0.15, 0.2) is 54.2 Å². The van der Waals surface area contributed by atoms with Crippen LogP contribution in [0.3, 0.4) is 0 Å². The molecule has 0 radical (unpaired) electrons. The molecule has 0 aliphatic heterocycles. The van der Waals surface area contributed by atoms with Crippen LogP contribution in [0.4, 0.5) is 15.6 Å². The summed E-state index contributed by atoms with van der Waals surface area (Å²) in [6.07, 6.45) is 9.77. The molecule has 47 heavy (non-hydrogen) atoms.